The third-order valence-corrected chi connectivity index (χ3v) is 3.77. The molecule has 4 N–H and O–H groups in total. The van der Waals surface area contributed by atoms with Crippen molar-refractivity contribution >= 4 is 11.6 Å². The van der Waals surface area contributed by atoms with Crippen LogP contribution < -0.4 is 10.6 Å². The van der Waals surface area contributed by atoms with Crippen molar-refractivity contribution in [3.05, 3.63) is 53.6 Å². The minimum absolute atomic E-state index is 0.0808. The Kier molecular flexibility index (Phi) is 3.27. The predicted molar refractivity (Wildman–Crippen MR) is 79.4 cm³/mol. The van der Waals surface area contributed by atoms with Crippen molar-refractivity contribution in [3.63, 3.8) is 0 Å². The van der Waals surface area contributed by atoms with Crippen molar-refractivity contribution in [2.75, 3.05) is 11.4 Å². The second-order valence-corrected chi connectivity index (χ2v) is 5.08. The van der Waals surface area contributed by atoms with E-state index in [1.165, 1.54) is 18.2 Å². The summed E-state index contributed by atoms with van der Waals surface area (Å²) in [6, 6.07) is 11.6. The Labute approximate surface area is 122 Å². The summed E-state index contributed by atoms with van der Waals surface area (Å²) in [7, 11) is 0. The van der Waals surface area contributed by atoms with Gasteiger partial charge in [-0.1, -0.05) is 24.3 Å². The number of aromatic hydroxyl groups is 2. The van der Waals surface area contributed by atoms with Gasteiger partial charge in [0.2, 0.25) is 0 Å². The van der Waals surface area contributed by atoms with Gasteiger partial charge in [0.05, 0.1) is 0 Å². The average molecular weight is 284 g/mol. The number of fused-ring (bicyclic) bond motifs is 1. The van der Waals surface area contributed by atoms with Crippen molar-refractivity contribution in [2.45, 2.75) is 12.5 Å². The zero-order valence-electron chi connectivity index (χ0n) is 11.4. The number of anilines is 1. The standard InChI is InChI=1S/C16H16N2O3/c17-11-8-9-18(12-5-2-1-4-10(11)12)16(21)15-13(19)6-3-7-14(15)20/h1-7,11,19-20H,8-9,17H2. The quantitative estimate of drug-likeness (QED) is 0.749. The molecule has 0 saturated heterocycles. The second kappa shape index (κ2) is 5.10. The molecule has 0 aliphatic carbocycles. The van der Waals surface area contributed by atoms with Gasteiger partial charge in [0.15, 0.2) is 0 Å². The zero-order chi connectivity index (χ0) is 15.0. The van der Waals surface area contributed by atoms with Crippen LogP contribution in [0.4, 0.5) is 5.69 Å². The lowest BCUT2D eigenvalue weighted by molar-refractivity contribution is 0.0979. The molecule has 1 heterocycles. The van der Waals surface area contributed by atoms with E-state index in [2.05, 4.69) is 0 Å². The molecule has 1 aliphatic rings. The lowest BCUT2D eigenvalue weighted by atomic mass is 9.96. The maximum atomic E-state index is 12.7. The topological polar surface area (TPSA) is 86.8 Å². The summed E-state index contributed by atoms with van der Waals surface area (Å²) in [4.78, 5) is 14.2. The number of rotatable bonds is 1. The molecule has 0 fully saturated rings. The fraction of sp³-hybridized carbons (Fsp3) is 0.188. The number of phenols is 2. The smallest absolute Gasteiger partial charge is 0.265 e. The Morgan fingerprint density at radius 1 is 1.10 bits per heavy atom. The highest BCUT2D eigenvalue weighted by Gasteiger charge is 2.29. The summed E-state index contributed by atoms with van der Waals surface area (Å²) in [5, 5.41) is 19.7. The Balaban J connectivity index is 2.06. The van der Waals surface area contributed by atoms with E-state index in [0.717, 1.165) is 11.3 Å². The first kappa shape index (κ1) is 13.5. The molecule has 21 heavy (non-hydrogen) atoms. The van der Waals surface area contributed by atoms with Crippen LogP contribution in [0, 0.1) is 0 Å². The Hall–Kier alpha value is -2.53. The molecule has 0 aromatic heterocycles. The summed E-state index contributed by atoms with van der Waals surface area (Å²) < 4.78 is 0. The van der Waals surface area contributed by atoms with Gasteiger partial charge < -0.3 is 20.8 Å². The van der Waals surface area contributed by atoms with Crippen molar-refractivity contribution in [1.82, 2.24) is 0 Å². The van der Waals surface area contributed by atoms with E-state index in [1.54, 1.807) is 4.90 Å². The predicted octanol–water partition coefficient (Wildman–Crippen LogP) is 2.15. The minimum atomic E-state index is -0.426. The van der Waals surface area contributed by atoms with Crippen molar-refractivity contribution < 1.29 is 15.0 Å². The molecule has 1 atom stereocenters. The number of nitrogens with two attached hydrogens (primary N) is 1. The zero-order valence-corrected chi connectivity index (χ0v) is 11.4. The van der Waals surface area contributed by atoms with Gasteiger partial charge in [-0.25, -0.2) is 0 Å². The number of phenolic OH excluding ortho intramolecular Hbond substituents is 2. The third kappa shape index (κ3) is 2.21. The normalized spacial score (nSPS) is 17.4. The van der Waals surface area contributed by atoms with Crippen LogP contribution in [-0.4, -0.2) is 22.7 Å². The van der Waals surface area contributed by atoms with Gasteiger partial charge in [-0.15, -0.1) is 0 Å². The fourth-order valence-electron chi connectivity index (χ4n) is 2.68. The first-order valence-corrected chi connectivity index (χ1v) is 6.77. The van der Waals surface area contributed by atoms with Crippen molar-refractivity contribution in [3.8, 4) is 11.5 Å². The monoisotopic (exact) mass is 284 g/mol. The minimum Gasteiger partial charge on any atom is -0.507 e. The molecule has 1 unspecified atom stereocenters. The molecule has 2 aromatic carbocycles. The van der Waals surface area contributed by atoms with E-state index in [9.17, 15) is 15.0 Å². The summed E-state index contributed by atoms with van der Waals surface area (Å²) in [6.45, 7) is 0.449. The average Bonchev–Trinajstić information content (AvgIpc) is 2.47. The third-order valence-electron chi connectivity index (χ3n) is 3.77. The van der Waals surface area contributed by atoms with E-state index in [-0.39, 0.29) is 23.1 Å². The number of hydrogen-bond donors (Lipinski definition) is 3. The molecule has 1 amide bonds. The van der Waals surface area contributed by atoms with Gasteiger partial charge in [0, 0.05) is 18.3 Å². The van der Waals surface area contributed by atoms with Crippen LogP contribution in [0.1, 0.15) is 28.4 Å². The first-order chi connectivity index (χ1) is 10.1. The molecule has 0 spiro atoms. The highest BCUT2D eigenvalue weighted by atomic mass is 16.3. The lowest BCUT2D eigenvalue weighted by Crippen LogP contribution is -2.38. The van der Waals surface area contributed by atoms with Crippen LogP contribution in [0.25, 0.3) is 0 Å². The van der Waals surface area contributed by atoms with Crippen molar-refractivity contribution in [2.24, 2.45) is 5.73 Å². The molecule has 1 aliphatic heterocycles. The molecule has 5 heteroatoms. The number of carbonyl (C=O) groups is 1. The van der Waals surface area contributed by atoms with E-state index in [1.807, 2.05) is 24.3 Å². The number of para-hydroxylation sites is 1. The Bertz CT molecular complexity index is 679. The highest BCUT2D eigenvalue weighted by Crippen LogP contribution is 2.35. The summed E-state index contributed by atoms with van der Waals surface area (Å²) in [5.41, 5.74) is 7.61. The highest BCUT2D eigenvalue weighted by molar-refractivity contribution is 6.10. The number of nitrogens with zero attached hydrogens (tertiary/aromatic N) is 1. The Morgan fingerprint density at radius 2 is 1.76 bits per heavy atom. The second-order valence-electron chi connectivity index (χ2n) is 5.08. The lowest BCUT2D eigenvalue weighted by Gasteiger charge is -2.33. The van der Waals surface area contributed by atoms with Crippen LogP contribution in [0.3, 0.4) is 0 Å². The number of hydrogen-bond acceptors (Lipinski definition) is 4. The summed E-state index contributed by atoms with van der Waals surface area (Å²) in [6.07, 6.45) is 0.636. The van der Waals surface area contributed by atoms with E-state index in [0.29, 0.717) is 13.0 Å². The van der Waals surface area contributed by atoms with Crippen molar-refractivity contribution in [1.29, 1.82) is 0 Å². The molecular formula is C16H16N2O3. The van der Waals surface area contributed by atoms with E-state index >= 15 is 0 Å². The summed E-state index contributed by atoms with van der Waals surface area (Å²) >= 11 is 0. The molecule has 0 bridgehead atoms. The van der Waals surface area contributed by atoms with Crippen LogP contribution in [0.2, 0.25) is 0 Å². The van der Waals surface area contributed by atoms with Crippen LogP contribution in [0.5, 0.6) is 11.5 Å². The molecule has 2 aromatic rings. The molecular weight excluding hydrogens is 268 g/mol. The number of carbonyl (C=O) groups excluding carboxylic acids is 1. The Morgan fingerprint density at radius 3 is 2.48 bits per heavy atom. The first-order valence-electron chi connectivity index (χ1n) is 6.77. The van der Waals surface area contributed by atoms with Crippen LogP contribution in [-0.2, 0) is 0 Å². The molecule has 5 nitrogen and oxygen atoms in total. The van der Waals surface area contributed by atoms with Gasteiger partial charge in [0.25, 0.3) is 5.91 Å². The molecule has 0 radical (unpaired) electrons. The maximum Gasteiger partial charge on any atom is 0.265 e. The van der Waals surface area contributed by atoms with Gasteiger partial charge in [-0.3, -0.25) is 4.79 Å². The van der Waals surface area contributed by atoms with Gasteiger partial charge in [-0.05, 0) is 30.2 Å². The molecule has 0 saturated carbocycles. The van der Waals surface area contributed by atoms with Gasteiger partial charge >= 0.3 is 0 Å². The number of amides is 1. The van der Waals surface area contributed by atoms with E-state index in [4.69, 9.17) is 5.73 Å². The number of benzene rings is 2. The molecule has 3 rings (SSSR count). The van der Waals surface area contributed by atoms with Gasteiger partial charge in [-0.2, -0.15) is 0 Å². The molecule has 108 valence electrons. The van der Waals surface area contributed by atoms with Crippen LogP contribution in [0.15, 0.2) is 42.5 Å². The summed E-state index contributed by atoms with van der Waals surface area (Å²) in [5.74, 6) is -0.885. The maximum absolute atomic E-state index is 12.7. The largest absolute Gasteiger partial charge is 0.507 e. The SMILES string of the molecule is NC1CCN(C(=O)c2c(O)cccc2O)c2ccccc21. The van der Waals surface area contributed by atoms with Gasteiger partial charge in [0.1, 0.15) is 17.1 Å². The van der Waals surface area contributed by atoms with Crippen LogP contribution >= 0.6 is 0 Å². The fourth-order valence-corrected chi connectivity index (χ4v) is 2.68. The van der Waals surface area contributed by atoms with E-state index < -0.39 is 5.91 Å².